The molecule has 0 aromatic heterocycles. The van der Waals surface area contributed by atoms with E-state index in [-0.39, 0.29) is 22.0 Å². The van der Waals surface area contributed by atoms with E-state index < -0.39 is 11.6 Å². The highest BCUT2D eigenvalue weighted by molar-refractivity contribution is 7.99. The molecular formula is C26H26FNO4S. The molecule has 3 aromatic carbocycles. The molecule has 2 aliphatic rings. The maximum atomic E-state index is 14.6. The molecule has 2 N–H and O–H groups in total. The first kappa shape index (κ1) is 21.9. The first-order valence-corrected chi connectivity index (χ1v) is 12.1. The van der Waals surface area contributed by atoms with E-state index in [1.807, 2.05) is 36.4 Å². The summed E-state index contributed by atoms with van der Waals surface area (Å²) in [7, 11) is 0. The molecule has 0 radical (unpaired) electrons. The van der Waals surface area contributed by atoms with Crippen LogP contribution in [0.3, 0.4) is 0 Å². The van der Waals surface area contributed by atoms with E-state index in [1.54, 1.807) is 18.2 Å². The fourth-order valence-corrected chi connectivity index (χ4v) is 5.64. The number of halogens is 1. The first-order valence-electron chi connectivity index (χ1n) is 11.2. The Hall–Kier alpha value is -2.90. The van der Waals surface area contributed by atoms with Crippen LogP contribution in [0.4, 0.5) is 4.39 Å². The molecule has 2 heterocycles. The third kappa shape index (κ3) is 4.75. The van der Waals surface area contributed by atoms with Gasteiger partial charge in [0.1, 0.15) is 30.0 Å². The van der Waals surface area contributed by atoms with Gasteiger partial charge in [0.05, 0.1) is 10.1 Å². The van der Waals surface area contributed by atoms with E-state index in [2.05, 4.69) is 4.90 Å². The highest BCUT2D eigenvalue weighted by atomic mass is 32.2. The molecule has 3 aromatic rings. The molecule has 0 saturated carbocycles. The molecule has 172 valence electrons. The largest absolute Gasteiger partial charge is 0.508 e. The number of likely N-dealkylation sites (tertiary alicyclic amines) is 1. The summed E-state index contributed by atoms with van der Waals surface area (Å²) in [6, 6.07) is 17.6. The van der Waals surface area contributed by atoms with Crippen molar-refractivity contribution in [3.63, 3.8) is 0 Å². The van der Waals surface area contributed by atoms with Crippen molar-refractivity contribution in [2.45, 2.75) is 29.1 Å². The summed E-state index contributed by atoms with van der Waals surface area (Å²) in [5, 5.41) is 19.3. The van der Waals surface area contributed by atoms with Gasteiger partial charge in [0, 0.05) is 6.54 Å². The van der Waals surface area contributed by atoms with E-state index >= 15 is 0 Å². The Morgan fingerprint density at radius 3 is 2.36 bits per heavy atom. The maximum Gasteiger partial charge on any atom is 0.182 e. The molecule has 0 spiro atoms. The smallest absolute Gasteiger partial charge is 0.182 e. The van der Waals surface area contributed by atoms with E-state index in [0.29, 0.717) is 12.4 Å². The van der Waals surface area contributed by atoms with Crippen LogP contribution in [-0.4, -0.2) is 41.4 Å². The van der Waals surface area contributed by atoms with Crippen LogP contribution in [0, 0.1) is 5.82 Å². The van der Waals surface area contributed by atoms with Crippen molar-refractivity contribution in [2.24, 2.45) is 0 Å². The number of hydrogen-bond acceptors (Lipinski definition) is 6. The predicted octanol–water partition coefficient (Wildman–Crippen LogP) is 5.68. The summed E-state index contributed by atoms with van der Waals surface area (Å²) in [6.07, 6.45) is 2.15. The van der Waals surface area contributed by atoms with E-state index in [0.717, 1.165) is 36.5 Å². The lowest BCUT2D eigenvalue weighted by molar-refractivity contribution is 0.187. The van der Waals surface area contributed by atoms with Gasteiger partial charge in [0.2, 0.25) is 0 Å². The number of hydrogen-bond donors (Lipinski definition) is 2. The van der Waals surface area contributed by atoms with Crippen molar-refractivity contribution < 1.29 is 24.1 Å². The summed E-state index contributed by atoms with van der Waals surface area (Å²) in [5.41, 5.74) is 1.83. The predicted molar refractivity (Wildman–Crippen MR) is 126 cm³/mol. The number of nitrogens with zero attached hydrogens (tertiary/aromatic N) is 1. The summed E-state index contributed by atoms with van der Waals surface area (Å²) in [4.78, 5) is 2.70. The number of ether oxygens (including phenoxy) is 2. The van der Waals surface area contributed by atoms with Crippen LogP contribution in [-0.2, 0) is 0 Å². The highest BCUT2D eigenvalue weighted by Crippen LogP contribution is 2.55. The second-order valence-corrected chi connectivity index (χ2v) is 9.51. The summed E-state index contributed by atoms with van der Waals surface area (Å²) >= 11 is 1.31. The van der Waals surface area contributed by atoms with Gasteiger partial charge >= 0.3 is 0 Å². The van der Waals surface area contributed by atoms with E-state index in [4.69, 9.17) is 9.47 Å². The minimum absolute atomic E-state index is 0.164. The van der Waals surface area contributed by atoms with Crippen LogP contribution in [0.5, 0.6) is 23.0 Å². The zero-order valence-electron chi connectivity index (χ0n) is 18.1. The number of aromatic hydroxyl groups is 2. The lowest BCUT2D eigenvalue weighted by Crippen LogP contribution is -2.25. The zero-order valence-corrected chi connectivity index (χ0v) is 18.9. The topological polar surface area (TPSA) is 62.2 Å². The second-order valence-electron chi connectivity index (χ2n) is 8.36. The molecule has 0 amide bonds. The van der Waals surface area contributed by atoms with Gasteiger partial charge in [-0.15, -0.1) is 11.8 Å². The SMILES string of the molecule is Oc1ccc([C@H]2Sc3c(ccc(O)c3F)O[C@H]2c2ccc(OCCN3CCCC3)cc2)cc1. The van der Waals surface area contributed by atoms with Gasteiger partial charge in [-0.2, -0.15) is 0 Å². The Morgan fingerprint density at radius 2 is 1.64 bits per heavy atom. The van der Waals surface area contributed by atoms with Gasteiger partial charge in [0.15, 0.2) is 11.6 Å². The molecule has 5 nitrogen and oxygen atoms in total. The number of thioether (sulfide) groups is 1. The average molecular weight is 468 g/mol. The Morgan fingerprint density at radius 1 is 0.939 bits per heavy atom. The van der Waals surface area contributed by atoms with Gasteiger partial charge in [0.25, 0.3) is 0 Å². The minimum atomic E-state index is -0.679. The lowest BCUT2D eigenvalue weighted by atomic mass is 10.00. The maximum absolute atomic E-state index is 14.6. The standard InChI is InChI=1S/C26H26FNO4S/c27-23-21(30)11-12-22-26(23)33-25(18-3-7-19(29)8-4-18)24(32-22)17-5-9-20(10-6-17)31-16-15-28-13-1-2-14-28/h3-12,24-25,29-30H,1-2,13-16H2/t24-,25+/m0/s1. The highest BCUT2D eigenvalue weighted by Gasteiger charge is 2.35. The van der Waals surface area contributed by atoms with Crippen LogP contribution < -0.4 is 9.47 Å². The van der Waals surface area contributed by atoms with Gasteiger partial charge in [-0.25, -0.2) is 4.39 Å². The third-order valence-corrected chi connectivity index (χ3v) is 7.51. The zero-order chi connectivity index (χ0) is 22.8. The molecule has 0 bridgehead atoms. The van der Waals surface area contributed by atoms with Crippen molar-refractivity contribution in [1.82, 2.24) is 4.90 Å². The van der Waals surface area contributed by atoms with Crippen LogP contribution in [0.1, 0.15) is 35.3 Å². The summed E-state index contributed by atoms with van der Waals surface area (Å²) in [6.45, 7) is 3.89. The number of phenolic OH excluding ortho intramolecular Hbond substituents is 2. The molecule has 0 aliphatic carbocycles. The van der Waals surface area contributed by atoms with E-state index in [9.17, 15) is 14.6 Å². The number of benzene rings is 3. The van der Waals surface area contributed by atoms with Crippen LogP contribution in [0.2, 0.25) is 0 Å². The lowest BCUT2D eigenvalue weighted by Gasteiger charge is -2.34. The van der Waals surface area contributed by atoms with Gasteiger partial charge in [-0.05, 0) is 73.5 Å². The molecule has 7 heteroatoms. The number of fused-ring (bicyclic) bond motifs is 1. The third-order valence-electron chi connectivity index (χ3n) is 6.12. The molecule has 2 atom stereocenters. The molecule has 2 aliphatic heterocycles. The van der Waals surface area contributed by atoms with Crippen molar-refractivity contribution in [3.8, 4) is 23.0 Å². The van der Waals surface area contributed by atoms with Crippen molar-refractivity contribution in [2.75, 3.05) is 26.2 Å². The fraction of sp³-hybridized carbons (Fsp3) is 0.308. The minimum Gasteiger partial charge on any atom is -0.508 e. The monoisotopic (exact) mass is 467 g/mol. The Kier molecular flexibility index (Phi) is 6.33. The van der Waals surface area contributed by atoms with Crippen LogP contribution >= 0.6 is 11.8 Å². The van der Waals surface area contributed by atoms with Gasteiger partial charge < -0.3 is 19.7 Å². The molecular weight excluding hydrogens is 441 g/mol. The van der Waals surface area contributed by atoms with E-state index in [1.165, 1.54) is 30.7 Å². The van der Waals surface area contributed by atoms with Gasteiger partial charge in [-0.1, -0.05) is 24.3 Å². The Bertz CT molecular complexity index is 1100. The first-order chi connectivity index (χ1) is 16.1. The van der Waals surface area contributed by atoms with Crippen LogP contribution in [0.25, 0.3) is 0 Å². The Balaban J connectivity index is 1.38. The molecule has 1 saturated heterocycles. The second kappa shape index (κ2) is 9.53. The van der Waals surface area contributed by atoms with Crippen LogP contribution in [0.15, 0.2) is 65.6 Å². The average Bonchev–Trinajstić information content (AvgIpc) is 3.36. The molecule has 1 fully saturated rings. The summed E-state index contributed by atoms with van der Waals surface area (Å²) < 4.78 is 26.8. The summed E-state index contributed by atoms with van der Waals surface area (Å²) in [5.74, 6) is 0.293. The van der Waals surface area contributed by atoms with Crippen molar-refractivity contribution in [3.05, 3.63) is 77.6 Å². The van der Waals surface area contributed by atoms with Gasteiger partial charge in [-0.3, -0.25) is 4.90 Å². The van der Waals surface area contributed by atoms with Crippen molar-refractivity contribution in [1.29, 1.82) is 0 Å². The Labute approximate surface area is 196 Å². The quantitative estimate of drug-likeness (QED) is 0.487. The fourth-order valence-electron chi connectivity index (χ4n) is 4.32. The van der Waals surface area contributed by atoms with Crippen molar-refractivity contribution >= 4 is 11.8 Å². The molecule has 5 rings (SSSR count). The number of phenols is 2. The molecule has 0 unspecified atom stereocenters. The number of rotatable bonds is 6. The molecule has 33 heavy (non-hydrogen) atoms. The normalized spacial score (nSPS) is 20.3.